The lowest BCUT2D eigenvalue weighted by Gasteiger charge is -2.16. The molecule has 1 aromatic carbocycles. The van der Waals surface area contributed by atoms with Crippen molar-refractivity contribution >= 4 is 21.6 Å². The van der Waals surface area contributed by atoms with Crippen molar-refractivity contribution in [3.63, 3.8) is 0 Å². The third-order valence-corrected chi connectivity index (χ3v) is 5.29. The number of hydrogen-bond acceptors (Lipinski definition) is 4. The van der Waals surface area contributed by atoms with E-state index in [4.69, 9.17) is 21.8 Å². The lowest BCUT2D eigenvalue weighted by molar-refractivity contribution is 0.397. The molecule has 2 N–H and O–H groups in total. The first kappa shape index (κ1) is 16.0. The van der Waals surface area contributed by atoms with E-state index in [1.54, 1.807) is 18.2 Å². The van der Waals surface area contributed by atoms with Crippen molar-refractivity contribution in [1.82, 2.24) is 4.31 Å². The Hall–Kier alpha value is -1.34. The van der Waals surface area contributed by atoms with E-state index < -0.39 is 10.0 Å². The maximum Gasteiger partial charge on any atom is 0.243 e. The summed E-state index contributed by atoms with van der Waals surface area (Å²) < 4.78 is 31.7. The predicted molar refractivity (Wildman–Crippen MR) is 81.4 cm³/mol. The lowest BCUT2D eigenvalue weighted by atomic mass is 10.2. The number of hydrogen-bond donors (Lipinski definition) is 1. The van der Waals surface area contributed by atoms with Crippen LogP contribution in [0.4, 0.5) is 0 Å². The number of sulfonamides is 1. The number of furan rings is 1. The zero-order chi connectivity index (χ0) is 15.6. The van der Waals surface area contributed by atoms with Crippen molar-refractivity contribution in [3.8, 4) is 0 Å². The van der Waals surface area contributed by atoms with Crippen LogP contribution in [0.15, 0.2) is 39.6 Å². The van der Waals surface area contributed by atoms with E-state index in [1.807, 2.05) is 6.92 Å². The Morgan fingerprint density at radius 1 is 1.29 bits per heavy atom. The van der Waals surface area contributed by atoms with Crippen LogP contribution in [0.1, 0.15) is 17.1 Å². The first-order chi connectivity index (χ1) is 9.84. The van der Waals surface area contributed by atoms with Gasteiger partial charge < -0.3 is 10.2 Å². The zero-order valence-electron chi connectivity index (χ0n) is 11.8. The molecule has 0 aliphatic heterocycles. The average molecular weight is 329 g/mol. The molecular weight excluding hydrogens is 312 g/mol. The number of benzene rings is 1. The van der Waals surface area contributed by atoms with Crippen LogP contribution in [0.3, 0.4) is 0 Å². The Labute approximate surface area is 129 Å². The molecule has 0 saturated carbocycles. The molecule has 2 rings (SSSR count). The van der Waals surface area contributed by atoms with Crippen molar-refractivity contribution in [2.45, 2.75) is 24.9 Å². The fraction of sp³-hybridized carbons (Fsp3) is 0.286. The Balaban J connectivity index is 2.28. The van der Waals surface area contributed by atoms with Crippen LogP contribution >= 0.6 is 11.6 Å². The minimum atomic E-state index is -3.62. The van der Waals surface area contributed by atoms with Gasteiger partial charge in [0.2, 0.25) is 10.0 Å². The summed E-state index contributed by atoms with van der Waals surface area (Å²) in [5, 5.41) is 0.459. The summed E-state index contributed by atoms with van der Waals surface area (Å²) in [4.78, 5) is 0.165. The van der Waals surface area contributed by atoms with Gasteiger partial charge in [-0.3, -0.25) is 0 Å². The van der Waals surface area contributed by atoms with Gasteiger partial charge in [0.25, 0.3) is 0 Å². The molecule has 1 aromatic heterocycles. The second-order valence-corrected chi connectivity index (χ2v) is 7.18. The number of halogens is 1. The summed E-state index contributed by atoms with van der Waals surface area (Å²) in [6.07, 6.45) is 0. The van der Waals surface area contributed by atoms with Gasteiger partial charge in [-0.1, -0.05) is 11.6 Å². The van der Waals surface area contributed by atoms with E-state index in [0.29, 0.717) is 16.3 Å². The standard InChI is InChI=1S/C14H17ClN2O3S/c1-10-3-4-12(20-10)9-17(2)21(18,19)13-5-6-14(15)11(7-13)8-16/h3-7H,8-9,16H2,1-2H3. The van der Waals surface area contributed by atoms with Crippen molar-refractivity contribution in [1.29, 1.82) is 0 Å². The van der Waals surface area contributed by atoms with E-state index in [-0.39, 0.29) is 18.0 Å². The molecule has 0 saturated heterocycles. The highest BCUT2D eigenvalue weighted by Gasteiger charge is 2.22. The molecule has 2 aromatic rings. The molecule has 1 heterocycles. The molecule has 5 nitrogen and oxygen atoms in total. The van der Waals surface area contributed by atoms with Crippen LogP contribution in [0.5, 0.6) is 0 Å². The molecule has 0 spiro atoms. The molecule has 0 amide bonds. The first-order valence-electron chi connectivity index (χ1n) is 6.34. The Kier molecular flexibility index (Phi) is 4.73. The van der Waals surface area contributed by atoms with Gasteiger partial charge in [0, 0.05) is 18.6 Å². The molecule has 0 unspecified atom stereocenters. The van der Waals surface area contributed by atoms with Gasteiger partial charge in [0.1, 0.15) is 11.5 Å². The highest BCUT2D eigenvalue weighted by atomic mass is 35.5. The van der Waals surface area contributed by atoms with E-state index in [0.717, 1.165) is 5.76 Å². The molecule has 0 radical (unpaired) electrons. The van der Waals surface area contributed by atoms with E-state index in [2.05, 4.69) is 0 Å². The van der Waals surface area contributed by atoms with Crippen LogP contribution < -0.4 is 5.73 Å². The monoisotopic (exact) mass is 328 g/mol. The van der Waals surface area contributed by atoms with Crippen molar-refractivity contribution in [3.05, 3.63) is 52.4 Å². The summed E-state index contributed by atoms with van der Waals surface area (Å²) in [6.45, 7) is 2.16. The lowest BCUT2D eigenvalue weighted by Crippen LogP contribution is -2.26. The van der Waals surface area contributed by atoms with E-state index >= 15 is 0 Å². The third kappa shape index (κ3) is 3.47. The summed E-state index contributed by atoms with van der Waals surface area (Å²) in [5.74, 6) is 1.33. The number of nitrogens with two attached hydrogens (primary N) is 1. The van der Waals surface area contributed by atoms with E-state index in [9.17, 15) is 8.42 Å². The second kappa shape index (κ2) is 6.19. The Morgan fingerprint density at radius 3 is 2.57 bits per heavy atom. The Bertz CT molecular complexity index is 740. The quantitative estimate of drug-likeness (QED) is 0.915. The van der Waals surface area contributed by atoms with Crippen molar-refractivity contribution < 1.29 is 12.8 Å². The molecule has 0 bridgehead atoms. The molecule has 0 aliphatic rings. The molecular formula is C14H17ClN2O3S. The summed E-state index contributed by atoms with van der Waals surface area (Å²) in [5.41, 5.74) is 6.15. The van der Waals surface area contributed by atoms with Gasteiger partial charge >= 0.3 is 0 Å². The smallest absolute Gasteiger partial charge is 0.243 e. The number of nitrogens with zero attached hydrogens (tertiary/aromatic N) is 1. The fourth-order valence-corrected chi connectivity index (χ4v) is 3.31. The minimum Gasteiger partial charge on any atom is -0.465 e. The van der Waals surface area contributed by atoms with Crippen molar-refractivity contribution in [2.24, 2.45) is 5.73 Å². The van der Waals surface area contributed by atoms with Gasteiger partial charge in [-0.2, -0.15) is 4.31 Å². The summed E-state index contributed by atoms with van der Waals surface area (Å²) in [6, 6.07) is 8.07. The molecule has 0 atom stereocenters. The van der Waals surface area contributed by atoms with Gasteiger partial charge in [0.15, 0.2) is 0 Å². The molecule has 7 heteroatoms. The maximum absolute atomic E-state index is 12.5. The highest BCUT2D eigenvalue weighted by Crippen LogP contribution is 2.23. The van der Waals surface area contributed by atoms with Crippen molar-refractivity contribution in [2.75, 3.05) is 7.05 Å². The first-order valence-corrected chi connectivity index (χ1v) is 8.16. The van der Waals surface area contributed by atoms with E-state index in [1.165, 1.54) is 23.5 Å². The van der Waals surface area contributed by atoms with Crippen LogP contribution in [0, 0.1) is 6.92 Å². The van der Waals surface area contributed by atoms with Crippen LogP contribution in [0.2, 0.25) is 5.02 Å². The molecule has 21 heavy (non-hydrogen) atoms. The van der Waals surface area contributed by atoms with Crippen LogP contribution in [-0.2, 0) is 23.1 Å². The fourth-order valence-electron chi connectivity index (χ4n) is 1.92. The van der Waals surface area contributed by atoms with Gasteiger partial charge in [0.05, 0.1) is 11.4 Å². The number of rotatable bonds is 5. The third-order valence-electron chi connectivity index (χ3n) is 3.12. The molecule has 0 fully saturated rings. The van der Waals surface area contributed by atoms with Gasteiger partial charge in [-0.25, -0.2) is 8.42 Å². The predicted octanol–water partition coefficient (Wildman–Crippen LogP) is 2.52. The topological polar surface area (TPSA) is 76.5 Å². The van der Waals surface area contributed by atoms with Gasteiger partial charge in [-0.05, 0) is 42.8 Å². The molecule has 114 valence electrons. The number of aryl methyl sites for hydroxylation is 1. The maximum atomic E-state index is 12.5. The van der Waals surface area contributed by atoms with Gasteiger partial charge in [-0.15, -0.1) is 0 Å². The SMILES string of the molecule is Cc1ccc(CN(C)S(=O)(=O)c2ccc(Cl)c(CN)c2)o1. The largest absolute Gasteiger partial charge is 0.465 e. The van der Waals surface area contributed by atoms with Crippen LogP contribution in [0.25, 0.3) is 0 Å². The summed E-state index contributed by atoms with van der Waals surface area (Å²) in [7, 11) is -2.11. The normalized spacial score (nSPS) is 12.0. The highest BCUT2D eigenvalue weighted by molar-refractivity contribution is 7.89. The minimum absolute atomic E-state index is 0.163. The van der Waals surface area contributed by atoms with Crippen LogP contribution in [-0.4, -0.2) is 19.8 Å². The average Bonchev–Trinajstić information content (AvgIpc) is 2.84. The second-order valence-electron chi connectivity index (χ2n) is 4.73. The Morgan fingerprint density at radius 2 is 2.00 bits per heavy atom. The zero-order valence-corrected chi connectivity index (χ0v) is 13.4. The summed E-state index contributed by atoms with van der Waals surface area (Å²) >= 11 is 5.96. The molecule has 0 aliphatic carbocycles.